The molecule has 1 fully saturated rings. The number of likely N-dealkylation sites (tertiary alicyclic amines) is 1. The number of para-hydroxylation sites is 1. The first-order valence-corrected chi connectivity index (χ1v) is 11.1. The van der Waals surface area contributed by atoms with Gasteiger partial charge in [-0.2, -0.15) is 0 Å². The molecule has 0 atom stereocenters. The zero-order valence-electron chi connectivity index (χ0n) is 17.8. The highest BCUT2D eigenvalue weighted by atomic mass is 16.2. The van der Waals surface area contributed by atoms with E-state index in [2.05, 4.69) is 42.2 Å². The van der Waals surface area contributed by atoms with Crippen molar-refractivity contribution in [3.05, 3.63) is 70.8 Å². The lowest BCUT2D eigenvalue weighted by molar-refractivity contribution is -0.137. The molecule has 156 valence electrons. The summed E-state index contributed by atoms with van der Waals surface area (Å²) in [5, 5.41) is 0. The van der Waals surface area contributed by atoms with Crippen LogP contribution in [0.4, 0.5) is 5.69 Å². The quantitative estimate of drug-likeness (QED) is 0.373. The Labute approximate surface area is 179 Å². The number of hydrogen-bond acceptors (Lipinski definition) is 3. The first kappa shape index (κ1) is 20.4. The van der Waals surface area contributed by atoms with Gasteiger partial charge in [-0.05, 0) is 41.7 Å². The number of hydrogen-bond donors (Lipinski definition) is 0. The minimum atomic E-state index is -0.115. The van der Waals surface area contributed by atoms with Crippen LogP contribution < -0.4 is 4.90 Å². The first-order chi connectivity index (χ1) is 14.7. The summed E-state index contributed by atoms with van der Waals surface area (Å²) in [6.07, 6.45) is 7.40. The van der Waals surface area contributed by atoms with E-state index in [-0.39, 0.29) is 18.2 Å². The number of anilines is 1. The average Bonchev–Trinajstić information content (AvgIpc) is 3.04. The van der Waals surface area contributed by atoms with Crippen LogP contribution in [0.25, 0.3) is 6.08 Å². The molecule has 0 saturated carbocycles. The normalized spacial score (nSPS) is 17.7. The smallest absolute Gasteiger partial charge is 0.256 e. The topological polar surface area (TPSA) is 40.6 Å². The number of benzene rings is 2. The van der Waals surface area contributed by atoms with Gasteiger partial charge in [0, 0.05) is 30.9 Å². The second kappa shape index (κ2) is 9.29. The van der Waals surface area contributed by atoms with Crippen molar-refractivity contribution in [3.8, 4) is 0 Å². The molecule has 0 aromatic heterocycles. The van der Waals surface area contributed by atoms with Crippen LogP contribution in [-0.4, -0.2) is 29.8 Å². The molecule has 0 bridgehead atoms. The Morgan fingerprint density at radius 2 is 1.70 bits per heavy atom. The van der Waals surface area contributed by atoms with E-state index in [1.165, 1.54) is 16.0 Å². The van der Waals surface area contributed by atoms with Gasteiger partial charge in [-0.15, -0.1) is 0 Å². The largest absolute Gasteiger partial charge is 0.366 e. The van der Waals surface area contributed by atoms with Crippen molar-refractivity contribution in [2.75, 3.05) is 18.0 Å². The van der Waals surface area contributed by atoms with Gasteiger partial charge >= 0.3 is 0 Å². The van der Waals surface area contributed by atoms with E-state index in [9.17, 15) is 9.59 Å². The van der Waals surface area contributed by atoms with Gasteiger partial charge in [0.05, 0.1) is 6.42 Å². The molecule has 30 heavy (non-hydrogen) atoms. The fourth-order valence-corrected chi connectivity index (χ4v) is 4.44. The van der Waals surface area contributed by atoms with Crippen LogP contribution >= 0.6 is 0 Å². The van der Waals surface area contributed by atoms with E-state index in [4.69, 9.17) is 0 Å². The van der Waals surface area contributed by atoms with Crippen molar-refractivity contribution in [2.45, 2.75) is 52.0 Å². The van der Waals surface area contributed by atoms with Gasteiger partial charge < -0.3 is 4.90 Å². The monoisotopic (exact) mass is 402 g/mol. The van der Waals surface area contributed by atoms with Crippen LogP contribution in [0.1, 0.15) is 55.7 Å². The molecule has 4 nitrogen and oxygen atoms in total. The summed E-state index contributed by atoms with van der Waals surface area (Å²) in [5.74, 6) is -0.178. The number of fused-ring (bicyclic) bond motifs is 1. The SMILES string of the molecule is CCCCCCN1C(=O)C/C(=C\c2ccccc2N2CCc3ccccc3C2)C1=O. The number of nitrogens with zero attached hydrogens (tertiary/aromatic N) is 2. The van der Waals surface area contributed by atoms with Crippen LogP contribution in [-0.2, 0) is 22.6 Å². The number of amides is 2. The Morgan fingerprint density at radius 1 is 0.933 bits per heavy atom. The zero-order valence-corrected chi connectivity index (χ0v) is 17.8. The predicted octanol–water partition coefficient (Wildman–Crippen LogP) is 4.97. The number of imide groups is 1. The number of unbranched alkanes of at least 4 members (excludes halogenated alkanes) is 3. The van der Waals surface area contributed by atoms with Crippen LogP contribution in [0.15, 0.2) is 54.1 Å². The summed E-state index contributed by atoms with van der Waals surface area (Å²) in [6.45, 7) is 4.52. The lowest BCUT2D eigenvalue weighted by atomic mass is 9.98. The standard InChI is InChI=1S/C26H30N2O2/c1-2-3-4-9-15-28-25(29)18-23(26(28)30)17-21-11-7-8-13-24(21)27-16-14-20-10-5-6-12-22(20)19-27/h5-8,10-13,17H,2-4,9,14-16,18-19H2,1H3/b23-17+. The van der Waals surface area contributed by atoms with E-state index >= 15 is 0 Å². The average molecular weight is 403 g/mol. The van der Waals surface area contributed by atoms with Crippen molar-refractivity contribution in [1.82, 2.24) is 4.90 Å². The molecule has 4 rings (SSSR count). The molecule has 2 aliphatic heterocycles. The van der Waals surface area contributed by atoms with Crippen LogP contribution in [0, 0.1) is 0 Å². The van der Waals surface area contributed by atoms with E-state index in [1.54, 1.807) is 0 Å². The van der Waals surface area contributed by atoms with E-state index < -0.39 is 0 Å². The minimum absolute atomic E-state index is 0.0628. The molecule has 2 amide bonds. The van der Waals surface area contributed by atoms with Gasteiger partial charge in [0.15, 0.2) is 0 Å². The predicted molar refractivity (Wildman–Crippen MR) is 121 cm³/mol. The summed E-state index contributed by atoms with van der Waals surface area (Å²) < 4.78 is 0. The number of carbonyl (C=O) groups is 2. The third kappa shape index (κ3) is 4.33. The summed E-state index contributed by atoms with van der Waals surface area (Å²) in [5.41, 5.74) is 5.53. The maximum absolute atomic E-state index is 12.9. The van der Waals surface area contributed by atoms with E-state index in [0.717, 1.165) is 56.4 Å². The highest BCUT2D eigenvalue weighted by molar-refractivity contribution is 6.15. The Bertz CT molecular complexity index is 963. The van der Waals surface area contributed by atoms with Crippen molar-refractivity contribution in [1.29, 1.82) is 0 Å². The molecule has 1 saturated heterocycles. The molecular weight excluding hydrogens is 372 g/mol. The van der Waals surface area contributed by atoms with Crippen LogP contribution in [0.3, 0.4) is 0 Å². The Hall–Kier alpha value is -2.88. The third-order valence-electron chi connectivity index (χ3n) is 6.14. The third-order valence-corrected chi connectivity index (χ3v) is 6.14. The highest BCUT2D eigenvalue weighted by Crippen LogP contribution is 2.30. The highest BCUT2D eigenvalue weighted by Gasteiger charge is 2.33. The molecule has 2 aliphatic rings. The lowest BCUT2D eigenvalue weighted by Gasteiger charge is -2.32. The summed E-state index contributed by atoms with van der Waals surface area (Å²) in [6, 6.07) is 16.8. The van der Waals surface area contributed by atoms with Crippen molar-refractivity contribution in [2.24, 2.45) is 0 Å². The fourth-order valence-electron chi connectivity index (χ4n) is 4.44. The first-order valence-electron chi connectivity index (χ1n) is 11.1. The van der Waals surface area contributed by atoms with Gasteiger partial charge in [-0.25, -0.2) is 0 Å². The fraction of sp³-hybridized carbons (Fsp3) is 0.385. The molecule has 2 heterocycles. The maximum atomic E-state index is 12.9. The maximum Gasteiger partial charge on any atom is 0.256 e. The molecule has 2 aromatic carbocycles. The Balaban J connectivity index is 1.52. The van der Waals surface area contributed by atoms with Crippen molar-refractivity contribution >= 4 is 23.6 Å². The number of carbonyl (C=O) groups excluding carboxylic acids is 2. The Kier molecular flexibility index (Phi) is 6.32. The molecule has 4 heteroatoms. The molecule has 0 unspecified atom stereocenters. The molecule has 0 spiro atoms. The molecule has 0 radical (unpaired) electrons. The second-order valence-electron chi connectivity index (χ2n) is 8.26. The van der Waals surface area contributed by atoms with E-state index in [0.29, 0.717) is 12.1 Å². The van der Waals surface area contributed by atoms with Crippen LogP contribution in [0.5, 0.6) is 0 Å². The van der Waals surface area contributed by atoms with Gasteiger partial charge in [0.1, 0.15) is 0 Å². The molecule has 0 aliphatic carbocycles. The van der Waals surface area contributed by atoms with Crippen LogP contribution in [0.2, 0.25) is 0 Å². The van der Waals surface area contributed by atoms with Crippen molar-refractivity contribution < 1.29 is 9.59 Å². The molecule has 0 N–H and O–H groups in total. The summed E-state index contributed by atoms with van der Waals surface area (Å²) in [7, 11) is 0. The van der Waals surface area contributed by atoms with Crippen molar-refractivity contribution in [3.63, 3.8) is 0 Å². The van der Waals surface area contributed by atoms with E-state index in [1.807, 2.05) is 24.3 Å². The molecular formula is C26H30N2O2. The van der Waals surface area contributed by atoms with Gasteiger partial charge in [0.2, 0.25) is 5.91 Å². The lowest BCUT2D eigenvalue weighted by Crippen LogP contribution is -2.31. The second-order valence-corrected chi connectivity index (χ2v) is 8.26. The minimum Gasteiger partial charge on any atom is -0.366 e. The zero-order chi connectivity index (χ0) is 20.9. The Morgan fingerprint density at radius 3 is 2.53 bits per heavy atom. The summed E-state index contributed by atoms with van der Waals surface area (Å²) in [4.78, 5) is 29.1. The van der Waals surface area contributed by atoms with Gasteiger partial charge in [-0.3, -0.25) is 14.5 Å². The van der Waals surface area contributed by atoms with Gasteiger partial charge in [0.25, 0.3) is 5.91 Å². The van der Waals surface area contributed by atoms with Gasteiger partial charge in [-0.1, -0.05) is 68.7 Å². The summed E-state index contributed by atoms with van der Waals surface area (Å²) >= 11 is 0. The molecule has 2 aromatic rings. The number of rotatable bonds is 7.